The first-order valence-electron chi connectivity index (χ1n) is 5.42. The Hall–Kier alpha value is -2.37. The number of aromatic carboxylic acids is 1. The summed E-state index contributed by atoms with van der Waals surface area (Å²) in [5, 5.41) is 9.09. The molecule has 0 radical (unpaired) electrons. The zero-order chi connectivity index (χ0) is 13.3. The molecule has 0 unspecified atom stereocenters. The van der Waals surface area contributed by atoms with Gasteiger partial charge in [-0.2, -0.15) is 0 Å². The van der Waals surface area contributed by atoms with E-state index in [9.17, 15) is 9.59 Å². The van der Waals surface area contributed by atoms with Crippen molar-refractivity contribution in [2.75, 3.05) is 7.11 Å². The summed E-state index contributed by atoms with van der Waals surface area (Å²) in [6.45, 7) is 1.84. The molecule has 1 N–H and O–H groups in total. The number of nitrogens with zero attached hydrogens (tertiary/aromatic N) is 2. The molecule has 0 aliphatic rings. The van der Waals surface area contributed by atoms with E-state index in [2.05, 4.69) is 9.72 Å². The van der Waals surface area contributed by atoms with Crippen LogP contribution in [0, 0.1) is 0 Å². The number of aromatic nitrogens is 2. The van der Waals surface area contributed by atoms with Gasteiger partial charge in [-0.1, -0.05) is 13.0 Å². The van der Waals surface area contributed by atoms with E-state index in [1.807, 2.05) is 6.92 Å². The minimum Gasteiger partial charge on any atom is -0.476 e. The molecule has 0 aliphatic heterocycles. The number of methoxy groups -OCH3 is 1. The number of hydrogen-bond acceptors (Lipinski definition) is 4. The Morgan fingerprint density at radius 2 is 2.17 bits per heavy atom. The molecule has 0 aliphatic carbocycles. The van der Waals surface area contributed by atoms with Crippen LogP contribution in [0.5, 0.6) is 0 Å². The number of esters is 1. The predicted molar refractivity (Wildman–Crippen MR) is 62.9 cm³/mol. The Balaban J connectivity index is 2.83. The van der Waals surface area contributed by atoms with Crippen LogP contribution in [0.15, 0.2) is 18.2 Å². The van der Waals surface area contributed by atoms with Gasteiger partial charge in [0.1, 0.15) is 11.5 Å². The topological polar surface area (TPSA) is 80.9 Å². The Bertz CT molecular complexity index is 630. The highest BCUT2D eigenvalue weighted by atomic mass is 16.5. The van der Waals surface area contributed by atoms with Gasteiger partial charge in [0.05, 0.1) is 12.6 Å². The molecule has 18 heavy (non-hydrogen) atoms. The van der Waals surface area contributed by atoms with Crippen molar-refractivity contribution in [2.24, 2.45) is 0 Å². The zero-order valence-corrected chi connectivity index (χ0v) is 10.0. The standard InChI is InChI=1S/C12H12N2O4/c1-3-9-13-10(11(15)16)7-5-4-6-8(14(7)9)12(17)18-2/h4-6H,3H2,1-2H3,(H,15,16). The van der Waals surface area contributed by atoms with E-state index < -0.39 is 11.9 Å². The zero-order valence-electron chi connectivity index (χ0n) is 10.0. The molecule has 0 bridgehead atoms. The minimum atomic E-state index is -1.12. The summed E-state index contributed by atoms with van der Waals surface area (Å²) in [6.07, 6.45) is 0.516. The molecule has 0 amide bonds. The third-order valence-corrected chi connectivity index (χ3v) is 2.64. The molecule has 0 saturated heterocycles. The van der Waals surface area contributed by atoms with Gasteiger partial charge >= 0.3 is 11.9 Å². The number of pyridine rings is 1. The molecular weight excluding hydrogens is 236 g/mol. The number of carboxylic acids is 1. The normalized spacial score (nSPS) is 10.6. The molecule has 2 aromatic heterocycles. The smallest absolute Gasteiger partial charge is 0.356 e. The van der Waals surface area contributed by atoms with Crippen LogP contribution >= 0.6 is 0 Å². The lowest BCUT2D eigenvalue weighted by Gasteiger charge is -2.05. The molecule has 94 valence electrons. The van der Waals surface area contributed by atoms with Gasteiger partial charge in [0.15, 0.2) is 5.69 Å². The maximum absolute atomic E-state index is 11.7. The summed E-state index contributed by atoms with van der Waals surface area (Å²) in [5.74, 6) is -1.12. The van der Waals surface area contributed by atoms with E-state index in [0.29, 0.717) is 17.8 Å². The number of carbonyl (C=O) groups excluding carboxylic acids is 1. The van der Waals surface area contributed by atoms with Crippen molar-refractivity contribution in [3.63, 3.8) is 0 Å². The number of fused-ring (bicyclic) bond motifs is 1. The maximum Gasteiger partial charge on any atom is 0.356 e. The first-order valence-corrected chi connectivity index (χ1v) is 5.42. The van der Waals surface area contributed by atoms with Gasteiger partial charge in [-0.05, 0) is 12.1 Å². The average molecular weight is 248 g/mol. The molecule has 2 heterocycles. The predicted octanol–water partition coefficient (Wildman–Crippen LogP) is 1.38. The summed E-state index contributed by atoms with van der Waals surface area (Å²) >= 11 is 0. The van der Waals surface area contributed by atoms with Gasteiger partial charge in [0.2, 0.25) is 0 Å². The maximum atomic E-state index is 11.7. The van der Waals surface area contributed by atoms with Gasteiger partial charge in [0, 0.05) is 6.42 Å². The van der Waals surface area contributed by atoms with Crippen LogP contribution in [0.2, 0.25) is 0 Å². The summed E-state index contributed by atoms with van der Waals surface area (Å²) in [7, 11) is 1.28. The molecule has 6 nitrogen and oxygen atoms in total. The van der Waals surface area contributed by atoms with Crippen molar-refractivity contribution in [1.29, 1.82) is 0 Å². The Kier molecular flexibility index (Phi) is 3.01. The van der Waals surface area contributed by atoms with Gasteiger partial charge in [-0.3, -0.25) is 4.40 Å². The summed E-state index contributed by atoms with van der Waals surface area (Å²) in [5.41, 5.74) is 0.603. The van der Waals surface area contributed by atoms with Gasteiger partial charge in [0.25, 0.3) is 0 Å². The van der Waals surface area contributed by atoms with Crippen molar-refractivity contribution in [3.05, 3.63) is 35.4 Å². The number of aryl methyl sites for hydroxylation is 1. The molecular formula is C12H12N2O4. The van der Waals surface area contributed by atoms with Crippen LogP contribution < -0.4 is 0 Å². The number of imidazole rings is 1. The average Bonchev–Trinajstić information content (AvgIpc) is 2.76. The second-order valence-electron chi connectivity index (χ2n) is 3.66. The number of ether oxygens (including phenoxy) is 1. The van der Waals surface area contributed by atoms with Gasteiger partial charge in [-0.25, -0.2) is 14.6 Å². The largest absolute Gasteiger partial charge is 0.476 e. The quantitative estimate of drug-likeness (QED) is 0.830. The van der Waals surface area contributed by atoms with Gasteiger partial charge in [-0.15, -0.1) is 0 Å². The van der Waals surface area contributed by atoms with Crippen molar-refractivity contribution in [1.82, 2.24) is 9.38 Å². The van der Waals surface area contributed by atoms with Crippen molar-refractivity contribution >= 4 is 17.5 Å². The van der Waals surface area contributed by atoms with Crippen LogP contribution in [0.3, 0.4) is 0 Å². The highest BCUT2D eigenvalue weighted by Crippen LogP contribution is 2.17. The first-order chi connectivity index (χ1) is 8.60. The molecule has 2 rings (SSSR count). The van der Waals surface area contributed by atoms with Crippen LogP contribution in [0.25, 0.3) is 5.52 Å². The van der Waals surface area contributed by atoms with E-state index >= 15 is 0 Å². The monoisotopic (exact) mass is 248 g/mol. The van der Waals surface area contributed by atoms with Gasteiger partial charge < -0.3 is 9.84 Å². The lowest BCUT2D eigenvalue weighted by atomic mass is 10.3. The van der Waals surface area contributed by atoms with Crippen LogP contribution in [-0.4, -0.2) is 33.5 Å². The molecule has 6 heteroatoms. The number of hydrogen-bond donors (Lipinski definition) is 1. The molecule has 0 saturated carbocycles. The van der Waals surface area contributed by atoms with E-state index in [0.717, 1.165) is 0 Å². The minimum absolute atomic E-state index is 0.0578. The summed E-state index contributed by atoms with van der Waals surface area (Å²) < 4.78 is 6.20. The second kappa shape index (κ2) is 4.48. The fraction of sp³-hybridized carbons (Fsp3) is 0.250. The Labute approximate surface area is 103 Å². The highest BCUT2D eigenvalue weighted by Gasteiger charge is 2.20. The second-order valence-corrected chi connectivity index (χ2v) is 3.66. The van der Waals surface area contributed by atoms with Crippen LogP contribution in [0.4, 0.5) is 0 Å². The SMILES string of the molecule is CCc1nc(C(=O)O)c2cccc(C(=O)OC)n12. The molecule has 0 fully saturated rings. The molecule has 0 spiro atoms. The first kappa shape index (κ1) is 12.1. The lowest BCUT2D eigenvalue weighted by molar-refractivity contribution is 0.0590. The fourth-order valence-electron chi connectivity index (χ4n) is 1.87. The number of rotatable bonds is 3. The van der Waals surface area contributed by atoms with Crippen LogP contribution in [-0.2, 0) is 11.2 Å². The van der Waals surface area contributed by atoms with E-state index in [-0.39, 0.29) is 11.4 Å². The Morgan fingerprint density at radius 1 is 1.44 bits per heavy atom. The van der Waals surface area contributed by atoms with Crippen molar-refractivity contribution < 1.29 is 19.4 Å². The van der Waals surface area contributed by atoms with Crippen molar-refractivity contribution in [3.8, 4) is 0 Å². The molecule has 0 atom stereocenters. The summed E-state index contributed by atoms with van der Waals surface area (Å²) in [4.78, 5) is 26.8. The highest BCUT2D eigenvalue weighted by molar-refractivity contribution is 5.96. The van der Waals surface area contributed by atoms with Crippen molar-refractivity contribution in [2.45, 2.75) is 13.3 Å². The third kappa shape index (κ3) is 1.71. The number of carboxylic acid groups (broad SMARTS) is 1. The Morgan fingerprint density at radius 3 is 2.72 bits per heavy atom. The number of carbonyl (C=O) groups is 2. The fourth-order valence-corrected chi connectivity index (χ4v) is 1.87. The third-order valence-electron chi connectivity index (χ3n) is 2.64. The van der Waals surface area contributed by atoms with E-state index in [4.69, 9.17) is 5.11 Å². The molecule has 0 aromatic carbocycles. The van der Waals surface area contributed by atoms with E-state index in [1.165, 1.54) is 11.5 Å². The summed E-state index contributed by atoms with van der Waals surface area (Å²) in [6, 6.07) is 4.79. The molecule has 2 aromatic rings. The van der Waals surface area contributed by atoms with Crippen LogP contribution in [0.1, 0.15) is 33.7 Å². The van der Waals surface area contributed by atoms with E-state index in [1.54, 1.807) is 18.2 Å². The lowest BCUT2D eigenvalue weighted by Crippen LogP contribution is -2.09.